The third kappa shape index (κ3) is 3.40. The lowest BCUT2D eigenvalue weighted by Gasteiger charge is -2.29. The summed E-state index contributed by atoms with van der Waals surface area (Å²) in [5, 5.41) is 4.59. The number of anilines is 3. The van der Waals surface area contributed by atoms with Crippen LogP contribution in [0.1, 0.15) is 30.7 Å². The van der Waals surface area contributed by atoms with Gasteiger partial charge in [0.1, 0.15) is 17.0 Å². The molecule has 3 heterocycles. The lowest BCUT2D eigenvalue weighted by atomic mass is 9.86. The number of carbonyl (C=O) groups is 1. The molecule has 2 aliphatic rings. The molecule has 156 valence electrons. The van der Waals surface area contributed by atoms with Gasteiger partial charge in [0, 0.05) is 29.6 Å². The molecule has 9 heteroatoms. The summed E-state index contributed by atoms with van der Waals surface area (Å²) in [5.41, 5.74) is 6.49. The molecule has 1 aliphatic heterocycles. The van der Waals surface area contributed by atoms with Gasteiger partial charge in [0.25, 0.3) is 0 Å². The number of nitrogens with zero attached hydrogens (tertiary/aromatic N) is 3. The van der Waals surface area contributed by atoms with Gasteiger partial charge in [-0.15, -0.1) is 11.3 Å². The summed E-state index contributed by atoms with van der Waals surface area (Å²) in [5.74, 6) is 1.14. The molecule has 0 fully saturated rings. The van der Waals surface area contributed by atoms with Crippen LogP contribution < -0.4 is 15.6 Å². The molecule has 3 aromatic rings. The molecule has 3 N–H and O–H groups in total. The lowest BCUT2D eigenvalue weighted by Crippen LogP contribution is -2.39. The smallest absolute Gasteiger partial charge is 0.226 e. The molecule has 1 unspecified atom stereocenters. The second-order valence-corrected chi connectivity index (χ2v) is 9.99. The summed E-state index contributed by atoms with van der Waals surface area (Å²) in [4.78, 5) is 30.3. The Labute approximate surface area is 183 Å². The summed E-state index contributed by atoms with van der Waals surface area (Å²) >= 11 is 3.26. The van der Waals surface area contributed by atoms with Crippen LogP contribution in [0.2, 0.25) is 0 Å². The van der Waals surface area contributed by atoms with Crippen molar-refractivity contribution in [3.05, 3.63) is 35.0 Å². The highest BCUT2D eigenvalue weighted by atomic mass is 32.2. The first-order valence-electron chi connectivity index (χ1n) is 10.1. The molecular weight excluding hydrogens is 416 g/mol. The SMILES string of the molecule is CC(C)N(C)C(=O)C1CCc2c(sc3ncnc(Nc4ccc5c(c4)SNN5)c23)C1. The van der Waals surface area contributed by atoms with Crippen molar-refractivity contribution in [2.75, 3.05) is 17.8 Å². The van der Waals surface area contributed by atoms with Gasteiger partial charge < -0.3 is 15.6 Å². The summed E-state index contributed by atoms with van der Waals surface area (Å²) < 4.78 is 0. The molecule has 1 aliphatic carbocycles. The molecule has 1 aromatic carbocycles. The number of fused-ring (bicyclic) bond motifs is 4. The predicted octanol–water partition coefficient (Wildman–Crippen LogP) is 4.34. The minimum atomic E-state index is 0.0519. The second-order valence-electron chi connectivity index (χ2n) is 8.05. The zero-order valence-electron chi connectivity index (χ0n) is 17.2. The van der Waals surface area contributed by atoms with E-state index in [2.05, 4.69) is 45.5 Å². The number of hydrazine groups is 1. The molecule has 1 atom stereocenters. The van der Waals surface area contributed by atoms with Gasteiger partial charge in [-0.05, 0) is 68.8 Å². The fourth-order valence-corrected chi connectivity index (χ4v) is 5.97. The largest absolute Gasteiger partial charge is 0.343 e. The number of aryl methyl sites for hydroxylation is 1. The van der Waals surface area contributed by atoms with Crippen molar-refractivity contribution in [2.45, 2.75) is 44.0 Å². The van der Waals surface area contributed by atoms with Crippen LogP contribution in [0.15, 0.2) is 29.4 Å². The van der Waals surface area contributed by atoms with E-state index in [0.29, 0.717) is 0 Å². The third-order valence-corrected chi connectivity index (χ3v) is 7.83. The van der Waals surface area contributed by atoms with Crippen molar-refractivity contribution in [1.82, 2.24) is 19.7 Å². The average molecular weight is 441 g/mol. The molecule has 1 amide bonds. The Morgan fingerprint density at radius 1 is 1.33 bits per heavy atom. The molecule has 30 heavy (non-hydrogen) atoms. The van der Waals surface area contributed by atoms with Gasteiger partial charge in [0.2, 0.25) is 5.91 Å². The van der Waals surface area contributed by atoms with Crippen LogP contribution in [0.25, 0.3) is 10.2 Å². The molecule has 0 saturated carbocycles. The molecule has 0 spiro atoms. The first-order valence-corrected chi connectivity index (χ1v) is 11.8. The van der Waals surface area contributed by atoms with Gasteiger partial charge in [-0.2, -0.15) is 4.83 Å². The summed E-state index contributed by atoms with van der Waals surface area (Å²) in [6, 6.07) is 6.42. The normalized spacial score (nSPS) is 17.5. The Balaban J connectivity index is 1.45. The highest BCUT2D eigenvalue weighted by molar-refractivity contribution is 7.98. The number of thiophene rings is 1. The Morgan fingerprint density at radius 2 is 2.20 bits per heavy atom. The van der Waals surface area contributed by atoms with E-state index in [9.17, 15) is 4.79 Å². The topological polar surface area (TPSA) is 82.2 Å². The number of benzene rings is 1. The van der Waals surface area contributed by atoms with Crippen molar-refractivity contribution in [2.24, 2.45) is 5.92 Å². The first kappa shape index (κ1) is 19.6. The maximum atomic E-state index is 12.8. The number of aromatic nitrogens is 2. The maximum absolute atomic E-state index is 12.8. The van der Waals surface area contributed by atoms with Gasteiger partial charge in [-0.3, -0.25) is 4.79 Å². The zero-order valence-corrected chi connectivity index (χ0v) is 18.8. The molecule has 0 saturated heterocycles. The van der Waals surface area contributed by atoms with Gasteiger partial charge in [0.15, 0.2) is 0 Å². The molecule has 0 bridgehead atoms. The van der Waals surface area contributed by atoms with E-state index >= 15 is 0 Å². The standard InChI is InChI=1S/C21H24N6OS2/c1-11(2)27(3)21(28)12-4-6-14-16(8-12)29-20-18(14)19(22-10-23-20)24-13-5-7-15-17(9-13)30-26-25-15/h5,7,9-12,25-26H,4,6,8H2,1-3H3,(H,22,23,24). The summed E-state index contributed by atoms with van der Waals surface area (Å²) in [6.07, 6.45) is 4.16. The number of nitrogens with one attached hydrogen (secondary N) is 3. The van der Waals surface area contributed by atoms with E-state index in [1.54, 1.807) is 29.6 Å². The highest BCUT2D eigenvalue weighted by Crippen LogP contribution is 2.41. The minimum absolute atomic E-state index is 0.0519. The Hall–Kier alpha value is -2.36. The van der Waals surface area contributed by atoms with Gasteiger partial charge in [-0.1, -0.05) is 0 Å². The predicted molar refractivity (Wildman–Crippen MR) is 123 cm³/mol. The molecule has 0 radical (unpaired) electrons. The summed E-state index contributed by atoms with van der Waals surface area (Å²) in [6.45, 7) is 4.12. The fraction of sp³-hybridized carbons (Fsp3) is 0.381. The number of carbonyl (C=O) groups excluding carboxylic acids is 1. The Morgan fingerprint density at radius 3 is 3.03 bits per heavy atom. The van der Waals surface area contributed by atoms with Gasteiger partial charge >= 0.3 is 0 Å². The number of rotatable bonds is 4. The minimum Gasteiger partial charge on any atom is -0.343 e. The quantitative estimate of drug-likeness (QED) is 0.521. The third-order valence-electron chi connectivity index (χ3n) is 5.91. The molecule has 5 rings (SSSR count). The van der Waals surface area contributed by atoms with Crippen LogP contribution in [-0.4, -0.2) is 33.9 Å². The van der Waals surface area contributed by atoms with Crippen LogP contribution in [0.3, 0.4) is 0 Å². The highest BCUT2D eigenvalue weighted by Gasteiger charge is 2.31. The number of hydrogen-bond acceptors (Lipinski definition) is 8. The van der Waals surface area contributed by atoms with Crippen molar-refractivity contribution in [1.29, 1.82) is 0 Å². The van der Waals surface area contributed by atoms with Gasteiger partial charge in [-0.25, -0.2) is 9.97 Å². The first-order chi connectivity index (χ1) is 14.5. The van der Waals surface area contributed by atoms with Crippen LogP contribution in [0.4, 0.5) is 17.2 Å². The number of amides is 1. The van der Waals surface area contributed by atoms with Crippen LogP contribution in [0.5, 0.6) is 0 Å². The van der Waals surface area contributed by atoms with Crippen LogP contribution in [0, 0.1) is 5.92 Å². The molecule has 2 aromatic heterocycles. The van der Waals surface area contributed by atoms with E-state index in [1.165, 1.54) is 10.4 Å². The molecule has 7 nitrogen and oxygen atoms in total. The average Bonchev–Trinajstić information content (AvgIpc) is 3.36. The maximum Gasteiger partial charge on any atom is 0.226 e. The fourth-order valence-electron chi connectivity index (χ4n) is 4.02. The van der Waals surface area contributed by atoms with E-state index < -0.39 is 0 Å². The summed E-state index contributed by atoms with van der Waals surface area (Å²) in [7, 11) is 1.90. The van der Waals surface area contributed by atoms with E-state index in [0.717, 1.165) is 51.6 Å². The van der Waals surface area contributed by atoms with Crippen LogP contribution in [-0.2, 0) is 17.6 Å². The van der Waals surface area contributed by atoms with Crippen molar-refractivity contribution in [3.63, 3.8) is 0 Å². The van der Waals surface area contributed by atoms with Gasteiger partial charge in [0.05, 0.1) is 16.0 Å². The van der Waals surface area contributed by atoms with Crippen LogP contribution >= 0.6 is 23.3 Å². The number of hydrogen-bond donors (Lipinski definition) is 3. The van der Waals surface area contributed by atoms with E-state index in [4.69, 9.17) is 0 Å². The second kappa shape index (κ2) is 7.72. The van der Waals surface area contributed by atoms with Crippen molar-refractivity contribution < 1.29 is 4.79 Å². The Kier molecular flexibility index (Phi) is 5.04. The zero-order chi connectivity index (χ0) is 20.8. The van der Waals surface area contributed by atoms with E-state index in [1.807, 2.05) is 24.1 Å². The lowest BCUT2D eigenvalue weighted by molar-refractivity contribution is -0.136. The molecular formula is C21H24N6OS2. The Bertz CT molecular complexity index is 1130. The monoisotopic (exact) mass is 440 g/mol. The van der Waals surface area contributed by atoms with Crippen molar-refractivity contribution in [3.8, 4) is 0 Å². The van der Waals surface area contributed by atoms with E-state index in [-0.39, 0.29) is 17.9 Å². The van der Waals surface area contributed by atoms with Crippen molar-refractivity contribution >= 4 is 56.6 Å².